The molecule has 0 bridgehead atoms. The Hall–Kier alpha value is -5.17. The standard InChI is InChI=1S/C35H36F4N4O5/c1-6-47-32-19-33(48-21-23-7-11-26(46-5)12-8-23)41-20-28(32)24-9-13-31(29(36)17-24)43(22(2)44)30-14-10-25(35(37,38)39)18-27(30)34(45)40-15-16-42(3)4/h7-14,17-20H,6,15-16,21H2,1-5H3,(H,40,45). The first kappa shape index (κ1) is 35.7. The molecule has 0 radical (unpaired) electrons. The van der Waals surface area contributed by atoms with Crippen molar-refractivity contribution >= 4 is 23.2 Å². The van der Waals surface area contributed by atoms with E-state index in [-0.39, 0.29) is 30.4 Å². The van der Waals surface area contributed by atoms with Gasteiger partial charge in [0.25, 0.3) is 5.91 Å². The van der Waals surface area contributed by atoms with E-state index in [0.717, 1.165) is 35.6 Å². The monoisotopic (exact) mass is 668 g/mol. The van der Waals surface area contributed by atoms with Gasteiger partial charge in [-0.05, 0) is 74.6 Å². The number of nitrogens with zero attached hydrogens (tertiary/aromatic N) is 3. The van der Waals surface area contributed by atoms with Crippen molar-refractivity contribution < 1.29 is 41.4 Å². The lowest BCUT2D eigenvalue weighted by Gasteiger charge is -2.25. The molecule has 48 heavy (non-hydrogen) atoms. The quantitative estimate of drug-likeness (QED) is 0.156. The number of nitrogens with one attached hydrogen (secondary N) is 1. The maximum Gasteiger partial charge on any atom is 0.416 e. The lowest BCUT2D eigenvalue weighted by atomic mass is 10.0. The maximum absolute atomic E-state index is 15.9. The molecule has 9 nitrogen and oxygen atoms in total. The second kappa shape index (κ2) is 15.6. The molecule has 1 N–H and O–H groups in total. The summed E-state index contributed by atoms with van der Waals surface area (Å²) < 4.78 is 73.6. The normalized spacial score (nSPS) is 11.3. The third-order valence-electron chi connectivity index (χ3n) is 7.15. The summed E-state index contributed by atoms with van der Waals surface area (Å²) in [6.07, 6.45) is -3.29. The Bertz CT molecular complexity index is 1750. The van der Waals surface area contributed by atoms with Crippen molar-refractivity contribution in [3.63, 3.8) is 0 Å². The summed E-state index contributed by atoms with van der Waals surface area (Å²) in [5.74, 6) is -1.08. The fraction of sp³-hybridized carbons (Fsp3) is 0.286. The number of halogens is 4. The molecule has 0 aliphatic carbocycles. The van der Waals surface area contributed by atoms with Crippen LogP contribution in [0.3, 0.4) is 0 Å². The van der Waals surface area contributed by atoms with Crippen molar-refractivity contribution in [3.05, 3.63) is 95.4 Å². The highest BCUT2D eigenvalue weighted by atomic mass is 19.4. The average molecular weight is 669 g/mol. The number of anilines is 2. The summed E-state index contributed by atoms with van der Waals surface area (Å²) in [7, 11) is 5.12. The molecule has 4 rings (SSSR count). The van der Waals surface area contributed by atoms with Crippen molar-refractivity contribution in [2.24, 2.45) is 0 Å². The molecule has 0 saturated heterocycles. The number of pyridine rings is 1. The van der Waals surface area contributed by atoms with Crippen LogP contribution in [0.2, 0.25) is 0 Å². The molecule has 1 aromatic heterocycles. The number of hydrogen-bond donors (Lipinski definition) is 1. The highest BCUT2D eigenvalue weighted by Crippen LogP contribution is 2.39. The van der Waals surface area contributed by atoms with Gasteiger partial charge in [0.1, 0.15) is 23.9 Å². The zero-order valence-electron chi connectivity index (χ0n) is 27.2. The van der Waals surface area contributed by atoms with E-state index in [1.807, 2.05) is 24.3 Å². The van der Waals surface area contributed by atoms with Crippen LogP contribution in [0.5, 0.6) is 17.4 Å². The molecule has 13 heteroatoms. The Morgan fingerprint density at radius 1 is 0.938 bits per heavy atom. The number of likely N-dealkylation sites (N-methyl/N-ethyl adjacent to an activating group) is 1. The van der Waals surface area contributed by atoms with Crippen molar-refractivity contribution in [1.29, 1.82) is 0 Å². The minimum absolute atomic E-state index is 0.131. The van der Waals surface area contributed by atoms with Crippen molar-refractivity contribution in [2.75, 3.05) is 45.8 Å². The minimum Gasteiger partial charge on any atom is -0.497 e. The molecule has 3 aromatic carbocycles. The van der Waals surface area contributed by atoms with Gasteiger partial charge in [0.15, 0.2) is 0 Å². The van der Waals surface area contributed by atoms with E-state index in [1.165, 1.54) is 18.3 Å². The van der Waals surface area contributed by atoms with Crippen molar-refractivity contribution in [2.45, 2.75) is 26.6 Å². The average Bonchev–Trinajstić information content (AvgIpc) is 3.04. The molecule has 0 spiro atoms. The van der Waals surface area contributed by atoms with Gasteiger partial charge >= 0.3 is 6.18 Å². The molecule has 0 aliphatic rings. The molecular formula is C35H36F4N4O5. The first-order chi connectivity index (χ1) is 22.8. The Balaban J connectivity index is 1.67. The number of carbonyl (C=O) groups is 2. The number of hydrogen-bond acceptors (Lipinski definition) is 7. The lowest BCUT2D eigenvalue weighted by molar-refractivity contribution is -0.137. The second-order valence-electron chi connectivity index (χ2n) is 10.9. The summed E-state index contributed by atoms with van der Waals surface area (Å²) in [5.41, 5.74) is -0.325. The van der Waals surface area contributed by atoms with Crippen LogP contribution in [-0.2, 0) is 17.6 Å². The largest absolute Gasteiger partial charge is 0.497 e. The Morgan fingerprint density at radius 2 is 1.65 bits per heavy atom. The van der Waals surface area contributed by atoms with E-state index in [2.05, 4.69) is 10.3 Å². The van der Waals surface area contributed by atoms with E-state index in [9.17, 15) is 22.8 Å². The van der Waals surface area contributed by atoms with Gasteiger partial charge in [0.2, 0.25) is 11.8 Å². The van der Waals surface area contributed by atoms with E-state index in [4.69, 9.17) is 14.2 Å². The second-order valence-corrected chi connectivity index (χ2v) is 10.9. The summed E-state index contributed by atoms with van der Waals surface area (Å²) >= 11 is 0. The summed E-state index contributed by atoms with van der Waals surface area (Å²) in [6.45, 7) is 3.98. The fourth-order valence-electron chi connectivity index (χ4n) is 4.77. The summed E-state index contributed by atoms with van der Waals surface area (Å²) in [6, 6.07) is 15.3. The van der Waals surface area contributed by atoms with Crippen LogP contribution >= 0.6 is 0 Å². The molecule has 254 valence electrons. The minimum atomic E-state index is -4.76. The molecule has 1 heterocycles. The van der Waals surface area contributed by atoms with Crippen LogP contribution in [0.25, 0.3) is 11.1 Å². The molecule has 0 atom stereocenters. The number of carbonyl (C=O) groups excluding carboxylic acids is 2. The van der Waals surface area contributed by atoms with Crippen LogP contribution in [-0.4, -0.2) is 62.6 Å². The predicted octanol–water partition coefficient (Wildman–Crippen LogP) is 6.87. The van der Waals surface area contributed by atoms with Gasteiger partial charge in [-0.3, -0.25) is 14.5 Å². The maximum atomic E-state index is 15.9. The third-order valence-corrected chi connectivity index (χ3v) is 7.15. The fourth-order valence-corrected chi connectivity index (χ4v) is 4.77. The smallest absolute Gasteiger partial charge is 0.416 e. The zero-order valence-corrected chi connectivity index (χ0v) is 27.2. The number of methoxy groups -OCH3 is 1. The van der Waals surface area contributed by atoms with E-state index in [1.54, 1.807) is 39.1 Å². The molecule has 2 amide bonds. The SMILES string of the molecule is CCOc1cc(OCc2ccc(OC)cc2)ncc1-c1ccc(N(C(C)=O)c2ccc(C(F)(F)F)cc2C(=O)NCCN(C)C)c(F)c1. The number of rotatable bonds is 13. The van der Waals surface area contributed by atoms with Crippen LogP contribution in [0, 0.1) is 5.82 Å². The van der Waals surface area contributed by atoms with Gasteiger partial charge in [-0.2, -0.15) is 13.2 Å². The Labute approximate surface area is 276 Å². The van der Waals surface area contributed by atoms with Gasteiger partial charge in [-0.15, -0.1) is 0 Å². The number of alkyl halides is 3. The third kappa shape index (κ3) is 8.79. The predicted molar refractivity (Wildman–Crippen MR) is 173 cm³/mol. The van der Waals surface area contributed by atoms with Gasteiger partial charge in [0, 0.05) is 37.8 Å². The van der Waals surface area contributed by atoms with Crippen LogP contribution in [0.15, 0.2) is 72.9 Å². The molecule has 0 aliphatic heterocycles. The number of aromatic nitrogens is 1. The molecule has 0 fully saturated rings. The first-order valence-electron chi connectivity index (χ1n) is 15.0. The highest BCUT2D eigenvalue weighted by molar-refractivity contribution is 6.08. The van der Waals surface area contributed by atoms with E-state index >= 15 is 4.39 Å². The Kier molecular flexibility index (Phi) is 11.6. The first-order valence-corrected chi connectivity index (χ1v) is 15.0. The van der Waals surface area contributed by atoms with E-state index in [0.29, 0.717) is 41.8 Å². The number of amides is 2. The topological polar surface area (TPSA) is 93.2 Å². The number of benzene rings is 3. The van der Waals surface area contributed by atoms with Crippen molar-refractivity contribution in [1.82, 2.24) is 15.2 Å². The molecule has 0 saturated carbocycles. The lowest BCUT2D eigenvalue weighted by Crippen LogP contribution is -2.33. The van der Waals surface area contributed by atoms with Crippen LogP contribution < -0.4 is 24.4 Å². The van der Waals surface area contributed by atoms with Crippen LogP contribution in [0.4, 0.5) is 28.9 Å². The van der Waals surface area contributed by atoms with Gasteiger partial charge in [-0.25, -0.2) is 9.37 Å². The molecule has 4 aromatic rings. The van der Waals surface area contributed by atoms with E-state index < -0.39 is 34.9 Å². The summed E-state index contributed by atoms with van der Waals surface area (Å²) in [4.78, 5) is 33.1. The zero-order chi connectivity index (χ0) is 35.0. The highest BCUT2D eigenvalue weighted by Gasteiger charge is 2.33. The van der Waals surface area contributed by atoms with Gasteiger partial charge < -0.3 is 24.4 Å². The Morgan fingerprint density at radius 3 is 2.25 bits per heavy atom. The van der Waals surface area contributed by atoms with Crippen LogP contribution in [0.1, 0.15) is 35.3 Å². The van der Waals surface area contributed by atoms with Crippen molar-refractivity contribution in [3.8, 4) is 28.5 Å². The van der Waals surface area contributed by atoms with Gasteiger partial charge in [-0.1, -0.05) is 18.2 Å². The number of ether oxygens (including phenoxy) is 3. The molecule has 0 unspecified atom stereocenters. The molecular weight excluding hydrogens is 632 g/mol. The van der Waals surface area contributed by atoms with Gasteiger partial charge in [0.05, 0.1) is 36.2 Å². The summed E-state index contributed by atoms with van der Waals surface area (Å²) in [5, 5.41) is 2.57.